The summed E-state index contributed by atoms with van der Waals surface area (Å²) in [6.45, 7) is 2.73. The molecule has 0 saturated heterocycles. The van der Waals surface area contributed by atoms with Crippen molar-refractivity contribution in [1.29, 1.82) is 0 Å². The Hall–Kier alpha value is -2.86. The topological polar surface area (TPSA) is 93.5 Å². The van der Waals surface area contributed by atoms with Crippen LogP contribution in [-0.4, -0.2) is 31.0 Å². The first kappa shape index (κ1) is 19.5. The fourth-order valence-corrected chi connectivity index (χ4v) is 2.42. The third kappa shape index (κ3) is 6.57. The van der Waals surface area contributed by atoms with Crippen molar-refractivity contribution >= 4 is 11.8 Å². The maximum absolute atomic E-state index is 12.2. The Bertz CT molecular complexity index is 719. The van der Waals surface area contributed by atoms with E-state index < -0.39 is 6.04 Å². The summed E-state index contributed by atoms with van der Waals surface area (Å²) in [5.74, 6) is 0.206. The Kier molecular flexibility index (Phi) is 7.64. The van der Waals surface area contributed by atoms with Crippen LogP contribution < -0.4 is 21.1 Å². The lowest BCUT2D eigenvalue weighted by Gasteiger charge is -2.13. The third-order valence-electron chi connectivity index (χ3n) is 3.74. The smallest absolute Gasteiger partial charge is 0.257 e. The molecular weight excluding hydrogens is 330 g/mol. The van der Waals surface area contributed by atoms with Crippen LogP contribution in [0, 0.1) is 0 Å². The van der Waals surface area contributed by atoms with Gasteiger partial charge < -0.3 is 21.1 Å². The molecule has 2 aromatic rings. The molecule has 0 radical (unpaired) electrons. The molecule has 0 aliphatic rings. The van der Waals surface area contributed by atoms with Gasteiger partial charge in [0, 0.05) is 13.1 Å². The van der Waals surface area contributed by atoms with Crippen LogP contribution in [0.3, 0.4) is 0 Å². The van der Waals surface area contributed by atoms with E-state index in [1.165, 1.54) is 0 Å². The second kappa shape index (κ2) is 10.2. The summed E-state index contributed by atoms with van der Waals surface area (Å²) in [4.78, 5) is 23.6. The summed E-state index contributed by atoms with van der Waals surface area (Å²) < 4.78 is 5.44. The van der Waals surface area contributed by atoms with Crippen molar-refractivity contribution in [2.45, 2.75) is 25.9 Å². The number of amides is 2. The number of hydrogen-bond donors (Lipinski definition) is 3. The van der Waals surface area contributed by atoms with Gasteiger partial charge in [0.25, 0.3) is 5.91 Å². The molecule has 0 unspecified atom stereocenters. The van der Waals surface area contributed by atoms with E-state index in [1.54, 1.807) is 12.1 Å². The van der Waals surface area contributed by atoms with Crippen molar-refractivity contribution in [1.82, 2.24) is 10.6 Å². The van der Waals surface area contributed by atoms with Gasteiger partial charge in [-0.15, -0.1) is 0 Å². The molecule has 2 aromatic carbocycles. The summed E-state index contributed by atoms with van der Waals surface area (Å²) in [5.41, 5.74) is 7.87. The fourth-order valence-electron chi connectivity index (χ4n) is 2.42. The van der Waals surface area contributed by atoms with Crippen LogP contribution in [0.25, 0.3) is 0 Å². The lowest BCUT2D eigenvalue weighted by atomic mass is 10.1. The summed E-state index contributed by atoms with van der Waals surface area (Å²) in [6, 6.07) is 16.3. The molecule has 0 aromatic heterocycles. The zero-order valence-electron chi connectivity index (χ0n) is 14.9. The molecule has 2 rings (SSSR count). The molecule has 138 valence electrons. The Balaban J connectivity index is 1.82. The normalized spacial score (nSPS) is 11.5. The number of nitrogens with two attached hydrogens (primary N) is 1. The van der Waals surface area contributed by atoms with Crippen LogP contribution in [0.15, 0.2) is 54.6 Å². The van der Waals surface area contributed by atoms with Crippen molar-refractivity contribution in [3.63, 3.8) is 0 Å². The maximum Gasteiger partial charge on any atom is 0.257 e. The summed E-state index contributed by atoms with van der Waals surface area (Å²) in [6.07, 6.45) is 0.488. The Labute approximate surface area is 153 Å². The zero-order valence-corrected chi connectivity index (χ0v) is 14.9. The van der Waals surface area contributed by atoms with Crippen molar-refractivity contribution in [3.05, 3.63) is 65.7 Å². The highest BCUT2D eigenvalue weighted by molar-refractivity contribution is 5.81. The fraction of sp³-hybridized carbons (Fsp3) is 0.300. The van der Waals surface area contributed by atoms with Gasteiger partial charge in [-0.3, -0.25) is 9.59 Å². The molecule has 26 heavy (non-hydrogen) atoms. The lowest BCUT2D eigenvalue weighted by molar-refractivity contribution is -0.123. The highest BCUT2D eigenvalue weighted by Gasteiger charge is 2.13. The van der Waals surface area contributed by atoms with Gasteiger partial charge in [0.15, 0.2) is 6.61 Å². The molecule has 0 fully saturated rings. The third-order valence-corrected chi connectivity index (χ3v) is 3.74. The summed E-state index contributed by atoms with van der Waals surface area (Å²) >= 11 is 0. The highest BCUT2D eigenvalue weighted by atomic mass is 16.5. The molecule has 0 aliphatic heterocycles. The number of carbonyl (C=O) groups excluding carboxylic acids is 2. The van der Waals surface area contributed by atoms with Crippen LogP contribution in [0.5, 0.6) is 5.75 Å². The zero-order chi connectivity index (χ0) is 18.8. The summed E-state index contributed by atoms with van der Waals surface area (Å²) in [7, 11) is 0. The second-order valence-electron chi connectivity index (χ2n) is 5.90. The number of carbonyl (C=O) groups is 2. The second-order valence-corrected chi connectivity index (χ2v) is 5.90. The number of nitrogens with one attached hydrogen (secondary N) is 2. The van der Waals surface area contributed by atoms with Crippen LogP contribution >= 0.6 is 0 Å². The van der Waals surface area contributed by atoms with Gasteiger partial charge in [0.05, 0.1) is 6.04 Å². The standard InChI is InChI=1S/C20H25N3O3/c1-2-22-19(24)14-26-17-10-6-9-16(11-17)13-23-20(25)18(21)12-15-7-4-3-5-8-15/h3-11,18H,2,12-14,21H2,1H3,(H,22,24)(H,23,25)/t18-/m0/s1. The predicted octanol–water partition coefficient (Wildman–Crippen LogP) is 1.39. The molecule has 0 aliphatic carbocycles. The van der Waals surface area contributed by atoms with Crippen molar-refractivity contribution in [2.24, 2.45) is 5.73 Å². The molecule has 0 saturated carbocycles. The first-order valence-corrected chi connectivity index (χ1v) is 8.64. The average molecular weight is 355 g/mol. The molecule has 4 N–H and O–H groups in total. The molecule has 1 atom stereocenters. The van der Waals surface area contributed by atoms with E-state index in [1.807, 2.05) is 49.4 Å². The van der Waals surface area contributed by atoms with Crippen LogP contribution in [0.4, 0.5) is 0 Å². The van der Waals surface area contributed by atoms with Crippen LogP contribution in [0.1, 0.15) is 18.1 Å². The van der Waals surface area contributed by atoms with E-state index >= 15 is 0 Å². The first-order valence-electron chi connectivity index (χ1n) is 8.64. The van der Waals surface area contributed by atoms with Crippen molar-refractivity contribution < 1.29 is 14.3 Å². The van der Waals surface area contributed by atoms with Crippen molar-refractivity contribution in [2.75, 3.05) is 13.2 Å². The van der Waals surface area contributed by atoms with Gasteiger partial charge in [-0.05, 0) is 36.6 Å². The van der Waals surface area contributed by atoms with Gasteiger partial charge >= 0.3 is 0 Å². The summed E-state index contributed by atoms with van der Waals surface area (Å²) in [5, 5.41) is 5.50. The molecular formula is C20H25N3O3. The van der Waals surface area contributed by atoms with Crippen LogP contribution in [-0.2, 0) is 22.6 Å². The van der Waals surface area contributed by atoms with Gasteiger partial charge in [0.2, 0.25) is 5.91 Å². The minimum Gasteiger partial charge on any atom is -0.484 e. The maximum atomic E-state index is 12.2. The largest absolute Gasteiger partial charge is 0.484 e. The van der Waals surface area contributed by atoms with E-state index in [2.05, 4.69) is 10.6 Å². The molecule has 0 spiro atoms. The SMILES string of the molecule is CCNC(=O)COc1cccc(CNC(=O)[C@@H](N)Cc2ccccc2)c1. The van der Waals surface area contributed by atoms with E-state index in [4.69, 9.17) is 10.5 Å². The number of likely N-dealkylation sites (N-methyl/N-ethyl adjacent to an activating group) is 1. The number of rotatable bonds is 9. The molecule has 6 heteroatoms. The molecule has 0 heterocycles. The van der Waals surface area contributed by atoms with E-state index in [-0.39, 0.29) is 18.4 Å². The molecule has 6 nitrogen and oxygen atoms in total. The Morgan fingerprint density at radius 2 is 1.77 bits per heavy atom. The van der Waals surface area contributed by atoms with Gasteiger partial charge in [-0.1, -0.05) is 42.5 Å². The quantitative estimate of drug-likeness (QED) is 0.634. The highest BCUT2D eigenvalue weighted by Crippen LogP contribution is 2.13. The lowest BCUT2D eigenvalue weighted by Crippen LogP contribution is -2.41. The van der Waals surface area contributed by atoms with Gasteiger partial charge in [-0.25, -0.2) is 0 Å². The van der Waals surface area contributed by atoms with Gasteiger partial charge in [-0.2, -0.15) is 0 Å². The van der Waals surface area contributed by atoms with E-state index in [0.29, 0.717) is 25.3 Å². The van der Waals surface area contributed by atoms with Crippen molar-refractivity contribution in [3.8, 4) is 5.75 Å². The monoisotopic (exact) mass is 355 g/mol. The van der Waals surface area contributed by atoms with Crippen LogP contribution in [0.2, 0.25) is 0 Å². The molecule has 2 amide bonds. The average Bonchev–Trinajstić information content (AvgIpc) is 2.66. The minimum atomic E-state index is -0.602. The van der Waals surface area contributed by atoms with E-state index in [0.717, 1.165) is 11.1 Å². The number of hydrogen-bond acceptors (Lipinski definition) is 4. The first-order chi connectivity index (χ1) is 12.6. The van der Waals surface area contributed by atoms with Gasteiger partial charge in [0.1, 0.15) is 5.75 Å². The van der Waals surface area contributed by atoms with E-state index in [9.17, 15) is 9.59 Å². The number of benzene rings is 2. The number of ether oxygens (including phenoxy) is 1. The molecule has 0 bridgehead atoms. The minimum absolute atomic E-state index is 0.0361. The Morgan fingerprint density at radius 1 is 1.04 bits per heavy atom. The Morgan fingerprint density at radius 3 is 2.50 bits per heavy atom. The predicted molar refractivity (Wildman–Crippen MR) is 101 cm³/mol.